The summed E-state index contributed by atoms with van der Waals surface area (Å²) in [5, 5.41) is 0. The van der Waals surface area contributed by atoms with Crippen LogP contribution in [0.2, 0.25) is 0 Å². The molecular weight excluding hydrogens is 224 g/mol. The summed E-state index contributed by atoms with van der Waals surface area (Å²) >= 11 is 0. The predicted octanol–water partition coefficient (Wildman–Crippen LogP) is 3.60. The molecule has 0 aromatic carbocycles. The first kappa shape index (κ1) is 13.4. The Balaban J connectivity index is 2.35. The normalized spacial score (nSPS) is 18.3. The second-order valence-electron chi connectivity index (χ2n) is 5.23. The third kappa shape index (κ3) is 2.52. The highest BCUT2D eigenvalue weighted by Gasteiger charge is 2.23. The van der Waals surface area contributed by atoms with Gasteiger partial charge in [-0.15, -0.1) is 0 Å². The zero-order valence-corrected chi connectivity index (χ0v) is 11.7. The van der Waals surface area contributed by atoms with E-state index in [0.29, 0.717) is 0 Å². The van der Waals surface area contributed by atoms with Crippen LogP contribution < -0.4 is 11.3 Å². The molecule has 1 heterocycles. The Morgan fingerprint density at radius 3 is 2.56 bits per heavy atom. The summed E-state index contributed by atoms with van der Waals surface area (Å²) in [7, 11) is 0. The van der Waals surface area contributed by atoms with Crippen LogP contribution in [0.4, 0.5) is 0 Å². The lowest BCUT2D eigenvalue weighted by atomic mass is 9.93. The van der Waals surface area contributed by atoms with Gasteiger partial charge < -0.3 is 4.42 Å². The quantitative estimate of drug-likeness (QED) is 0.488. The molecule has 100 valence electrons. The standard InChI is InChI=1S/C15H24N2O/c1-10-11(2)18-12(3)14(10)15(17-16)13-8-6-4-5-7-9-13/h8,15,17H,4-7,9,16H2,1-3H3. The van der Waals surface area contributed by atoms with Gasteiger partial charge in [-0.25, -0.2) is 5.43 Å². The Morgan fingerprint density at radius 1 is 1.17 bits per heavy atom. The maximum atomic E-state index is 5.80. The van der Waals surface area contributed by atoms with Crippen molar-refractivity contribution in [2.45, 2.75) is 58.9 Å². The largest absolute Gasteiger partial charge is 0.466 e. The van der Waals surface area contributed by atoms with Gasteiger partial charge in [-0.2, -0.15) is 0 Å². The summed E-state index contributed by atoms with van der Waals surface area (Å²) in [4.78, 5) is 0. The number of hydrazine groups is 1. The summed E-state index contributed by atoms with van der Waals surface area (Å²) in [6, 6.07) is 0.112. The van der Waals surface area contributed by atoms with Crippen molar-refractivity contribution in [3.63, 3.8) is 0 Å². The minimum atomic E-state index is 0.112. The summed E-state index contributed by atoms with van der Waals surface area (Å²) in [5.41, 5.74) is 6.85. The van der Waals surface area contributed by atoms with Crippen molar-refractivity contribution in [2.75, 3.05) is 0 Å². The third-order valence-corrected chi connectivity index (χ3v) is 4.02. The van der Waals surface area contributed by atoms with Gasteiger partial charge >= 0.3 is 0 Å². The zero-order chi connectivity index (χ0) is 13.1. The average Bonchev–Trinajstić information content (AvgIpc) is 2.58. The average molecular weight is 248 g/mol. The van der Waals surface area contributed by atoms with Crippen molar-refractivity contribution in [1.82, 2.24) is 5.43 Å². The summed E-state index contributed by atoms with van der Waals surface area (Å²) in [6.45, 7) is 6.15. The first-order chi connectivity index (χ1) is 8.65. The highest BCUT2D eigenvalue weighted by atomic mass is 16.3. The lowest BCUT2D eigenvalue weighted by molar-refractivity contribution is 0.491. The van der Waals surface area contributed by atoms with E-state index in [1.165, 1.54) is 42.4 Å². The van der Waals surface area contributed by atoms with Crippen molar-refractivity contribution in [1.29, 1.82) is 0 Å². The monoisotopic (exact) mass is 248 g/mol. The molecule has 0 bridgehead atoms. The van der Waals surface area contributed by atoms with Crippen molar-refractivity contribution >= 4 is 0 Å². The Bertz CT molecular complexity index is 446. The third-order valence-electron chi connectivity index (χ3n) is 4.02. The molecule has 1 unspecified atom stereocenters. The molecule has 0 fully saturated rings. The molecule has 0 radical (unpaired) electrons. The minimum absolute atomic E-state index is 0.112. The highest BCUT2D eigenvalue weighted by Crippen LogP contribution is 2.34. The van der Waals surface area contributed by atoms with E-state index >= 15 is 0 Å². The number of nitrogens with one attached hydrogen (secondary N) is 1. The number of aryl methyl sites for hydroxylation is 2. The number of nitrogens with two attached hydrogens (primary N) is 1. The van der Waals surface area contributed by atoms with Crippen LogP contribution in [0, 0.1) is 20.8 Å². The van der Waals surface area contributed by atoms with Crippen molar-refractivity contribution in [3.05, 3.63) is 34.3 Å². The van der Waals surface area contributed by atoms with E-state index in [-0.39, 0.29) is 6.04 Å². The number of hydrogen-bond donors (Lipinski definition) is 2. The highest BCUT2D eigenvalue weighted by molar-refractivity contribution is 5.39. The van der Waals surface area contributed by atoms with E-state index in [1.807, 2.05) is 13.8 Å². The van der Waals surface area contributed by atoms with E-state index in [0.717, 1.165) is 17.9 Å². The Kier molecular flexibility index (Phi) is 4.25. The second-order valence-corrected chi connectivity index (χ2v) is 5.23. The summed E-state index contributed by atoms with van der Waals surface area (Å²) in [6.07, 6.45) is 8.54. The van der Waals surface area contributed by atoms with E-state index in [4.69, 9.17) is 10.3 Å². The molecule has 3 nitrogen and oxygen atoms in total. The Hall–Kier alpha value is -1.06. The van der Waals surface area contributed by atoms with Gasteiger partial charge in [0.05, 0.1) is 6.04 Å². The van der Waals surface area contributed by atoms with Gasteiger partial charge in [0.1, 0.15) is 11.5 Å². The lowest BCUT2D eigenvalue weighted by Crippen LogP contribution is -2.30. The molecule has 0 spiro atoms. The van der Waals surface area contributed by atoms with Crippen LogP contribution in [0.5, 0.6) is 0 Å². The molecule has 1 aromatic rings. The number of allylic oxidation sites excluding steroid dienone is 1. The molecule has 1 aromatic heterocycles. The molecule has 18 heavy (non-hydrogen) atoms. The first-order valence-electron chi connectivity index (χ1n) is 6.86. The first-order valence-corrected chi connectivity index (χ1v) is 6.86. The van der Waals surface area contributed by atoms with Crippen LogP contribution in [0.3, 0.4) is 0 Å². The zero-order valence-electron chi connectivity index (χ0n) is 11.7. The van der Waals surface area contributed by atoms with Crippen molar-refractivity contribution in [3.8, 4) is 0 Å². The number of furan rings is 1. The molecule has 3 heteroatoms. The van der Waals surface area contributed by atoms with Crippen LogP contribution in [-0.2, 0) is 0 Å². The molecule has 1 aliphatic carbocycles. The maximum Gasteiger partial charge on any atom is 0.106 e. The van der Waals surface area contributed by atoms with Crippen LogP contribution in [-0.4, -0.2) is 0 Å². The second kappa shape index (κ2) is 5.72. The molecule has 0 aliphatic heterocycles. The molecular formula is C15H24N2O. The smallest absolute Gasteiger partial charge is 0.106 e. The predicted molar refractivity (Wildman–Crippen MR) is 74.2 cm³/mol. The van der Waals surface area contributed by atoms with Crippen LogP contribution in [0.15, 0.2) is 16.1 Å². The van der Waals surface area contributed by atoms with Gasteiger partial charge in [0.25, 0.3) is 0 Å². The Labute approximate surface area is 109 Å². The van der Waals surface area contributed by atoms with Gasteiger partial charge in [-0.05, 0) is 52.0 Å². The Morgan fingerprint density at radius 2 is 1.94 bits per heavy atom. The van der Waals surface area contributed by atoms with E-state index < -0.39 is 0 Å². The molecule has 2 rings (SSSR count). The molecule has 1 aliphatic rings. The fourth-order valence-corrected chi connectivity index (χ4v) is 2.91. The van der Waals surface area contributed by atoms with Crippen LogP contribution >= 0.6 is 0 Å². The molecule has 0 saturated heterocycles. The van der Waals surface area contributed by atoms with Gasteiger partial charge in [-0.1, -0.05) is 18.1 Å². The van der Waals surface area contributed by atoms with Gasteiger partial charge in [0.15, 0.2) is 0 Å². The van der Waals surface area contributed by atoms with Crippen molar-refractivity contribution < 1.29 is 4.42 Å². The molecule has 0 amide bonds. The van der Waals surface area contributed by atoms with Crippen LogP contribution in [0.1, 0.15) is 60.8 Å². The lowest BCUT2D eigenvalue weighted by Gasteiger charge is -2.20. The number of hydrogen-bond acceptors (Lipinski definition) is 3. The van der Waals surface area contributed by atoms with E-state index in [2.05, 4.69) is 18.4 Å². The molecule has 0 saturated carbocycles. The SMILES string of the molecule is Cc1oc(C)c(C(NN)C2=CCCCCC2)c1C. The molecule has 1 atom stereocenters. The fraction of sp³-hybridized carbons (Fsp3) is 0.600. The van der Waals surface area contributed by atoms with Crippen LogP contribution in [0.25, 0.3) is 0 Å². The van der Waals surface area contributed by atoms with Gasteiger partial charge in [0, 0.05) is 5.56 Å². The van der Waals surface area contributed by atoms with E-state index in [9.17, 15) is 0 Å². The summed E-state index contributed by atoms with van der Waals surface area (Å²) < 4.78 is 5.73. The van der Waals surface area contributed by atoms with Gasteiger partial charge in [-0.3, -0.25) is 5.84 Å². The van der Waals surface area contributed by atoms with Crippen molar-refractivity contribution in [2.24, 2.45) is 5.84 Å². The summed E-state index contributed by atoms with van der Waals surface area (Å²) in [5.74, 6) is 7.78. The maximum absolute atomic E-state index is 5.80. The van der Waals surface area contributed by atoms with E-state index in [1.54, 1.807) is 0 Å². The van der Waals surface area contributed by atoms with Gasteiger partial charge in [0.2, 0.25) is 0 Å². The molecule has 3 N–H and O–H groups in total. The fourth-order valence-electron chi connectivity index (χ4n) is 2.91. The minimum Gasteiger partial charge on any atom is -0.466 e. The number of rotatable bonds is 3. The topological polar surface area (TPSA) is 51.2 Å².